The average Bonchev–Trinajstić information content (AvgIpc) is 2.02. The maximum Gasteiger partial charge on any atom is 0.434 e. The third kappa shape index (κ3) is 2.42. The fourth-order valence-electron chi connectivity index (χ4n) is 0.688. The van der Waals surface area contributed by atoms with Gasteiger partial charge in [0, 0.05) is 6.26 Å². The van der Waals surface area contributed by atoms with Crippen molar-refractivity contribution in [1.82, 2.24) is 9.97 Å². The van der Waals surface area contributed by atoms with Gasteiger partial charge in [0.1, 0.15) is 0 Å². The van der Waals surface area contributed by atoms with E-state index in [-0.39, 0.29) is 5.16 Å². The van der Waals surface area contributed by atoms with Gasteiger partial charge in [-0.15, -0.1) is 0 Å². The standard InChI is InChI=1S/C6H4ClF3N2OS/c1-14(13)5-11-2-3(7)4(12-5)6(8,9)10/h2H,1H3. The zero-order valence-electron chi connectivity index (χ0n) is 6.80. The Balaban J connectivity index is 3.29. The number of halogens is 4. The van der Waals surface area contributed by atoms with Gasteiger partial charge in [-0.3, -0.25) is 4.21 Å². The van der Waals surface area contributed by atoms with Crippen molar-refractivity contribution in [2.75, 3.05) is 6.26 Å². The summed E-state index contributed by atoms with van der Waals surface area (Å²) in [5.74, 6) is 0. The largest absolute Gasteiger partial charge is 0.434 e. The highest BCUT2D eigenvalue weighted by Gasteiger charge is 2.36. The highest BCUT2D eigenvalue weighted by molar-refractivity contribution is 7.84. The van der Waals surface area contributed by atoms with E-state index in [9.17, 15) is 17.4 Å². The summed E-state index contributed by atoms with van der Waals surface area (Å²) >= 11 is 5.24. The lowest BCUT2D eigenvalue weighted by Gasteiger charge is -2.07. The molecule has 0 N–H and O–H groups in total. The van der Waals surface area contributed by atoms with Gasteiger partial charge >= 0.3 is 6.18 Å². The molecule has 0 saturated carbocycles. The Morgan fingerprint density at radius 3 is 2.50 bits per heavy atom. The van der Waals surface area contributed by atoms with E-state index in [4.69, 9.17) is 11.6 Å². The van der Waals surface area contributed by atoms with E-state index < -0.39 is 27.7 Å². The molecule has 0 saturated heterocycles. The Labute approximate surface area is 84.8 Å². The van der Waals surface area contributed by atoms with Gasteiger partial charge in [-0.1, -0.05) is 11.6 Å². The summed E-state index contributed by atoms with van der Waals surface area (Å²) in [5, 5.41) is -0.992. The average molecular weight is 245 g/mol. The van der Waals surface area contributed by atoms with E-state index in [1.54, 1.807) is 0 Å². The van der Waals surface area contributed by atoms with Crippen LogP contribution in [0.5, 0.6) is 0 Å². The summed E-state index contributed by atoms with van der Waals surface area (Å²) in [5.41, 5.74) is -1.26. The monoisotopic (exact) mass is 244 g/mol. The maximum atomic E-state index is 12.2. The van der Waals surface area contributed by atoms with E-state index in [1.807, 2.05) is 0 Å². The molecule has 78 valence electrons. The van der Waals surface area contributed by atoms with Crippen LogP contribution in [0.1, 0.15) is 5.69 Å². The van der Waals surface area contributed by atoms with E-state index in [0.717, 1.165) is 6.20 Å². The number of alkyl halides is 3. The smallest absolute Gasteiger partial charge is 0.251 e. The lowest BCUT2D eigenvalue weighted by Crippen LogP contribution is -2.12. The summed E-state index contributed by atoms with van der Waals surface area (Å²) < 4.78 is 47.5. The van der Waals surface area contributed by atoms with Crippen molar-refractivity contribution in [2.24, 2.45) is 0 Å². The van der Waals surface area contributed by atoms with Crippen LogP contribution in [0.4, 0.5) is 13.2 Å². The van der Waals surface area contributed by atoms with Crippen LogP contribution in [-0.2, 0) is 17.0 Å². The van der Waals surface area contributed by atoms with Crippen molar-refractivity contribution >= 4 is 22.4 Å². The van der Waals surface area contributed by atoms with Crippen LogP contribution in [0.3, 0.4) is 0 Å². The molecule has 0 aliphatic carbocycles. The number of nitrogens with zero attached hydrogens (tertiary/aromatic N) is 2. The predicted octanol–water partition coefficient (Wildman–Crippen LogP) is 1.89. The van der Waals surface area contributed by atoms with Crippen molar-refractivity contribution in [1.29, 1.82) is 0 Å². The molecular weight excluding hydrogens is 241 g/mol. The molecule has 1 aromatic rings. The van der Waals surface area contributed by atoms with Crippen LogP contribution >= 0.6 is 11.6 Å². The summed E-state index contributed by atoms with van der Waals surface area (Å²) in [4.78, 5) is 6.48. The zero-order chi connectivity index (χ0) is 10.9. The van der Waals surface area contributed by atoms with Gasteiger partial charge in [0.15, 0.2) is 5.69 Å². The topological polar surface area (TPSA) is 42.9 Å². The lowest BCUT2D eigenvalue weighted by molar-refractivity contribution is -0.141. The molecule has 1 aromatic heterocycles. The van der Waals surface area contributed by atoms with Crippen molar-refractivity contribution in [3.8, 4) is 0 Å². The molecule has 8 heteroatoms. The molecule has 1 atom stereocenters. The lowest BCUT2D eigenvalue weighted by atomic mass is 10.4. The Bertz CT molecular complexity index is 382. The summed E-state index contributed by atoms with van der Waals surface area (Å²) in [6.07, 6.45) is -2.69. The number of aromatic nitrogens is 2. The highest BCUT2D eigenvalue weighted by atomic mass is 35.5. The van der Waals surface area contributed by atoms with Gasteiger partial charge in [0.25, 0.3) is 0 Å². The molecule has 0 spiro atoms. The van der Waals surface area contributed by atoms with Crippen LogP contribution < -0.4 is 0 Å². The second-order valence-electron chi connectivity index (χ2n) is 2.30. The van der Waals surface area contributed by atoms with E-state index in [1.165, 1.54) is 6.26 Å². The fourth-order valence-corrected chi connectivity index (χ4v) is 1.31. The Morgan fingerprint density at radius 1 is 1.50 bits per heavy atom. The van der Waals surface area contributed by atoms with Crippen LogP contribution in [-0.4, -0.2) is 20.4 Å². The Morgan fingerprint density at radius 2 is 2.07 bits per heavy atom. The first-order valence-corrected chi connectivity index (χ1v) is 5.19. The van der Waals surface area contributed by atoms with Gasteiger partial charge in [-0.25, -0.2) is 9.97 Å². The van der Waals surface area contributed by atoms with Crippen LogP contribution in [0.2, 0.25) is 5.02 Å². The molecule has 0 aliphatic heterocycles. The molecule has 1 unspecified atom stereocenters. The molecule has 0 bridgehead atoms. The second-order valence-corrected chi connectivity index (χ2v) is 3.98. The molecule has 0 radical (unpaired) electrons. The number of hydrogen-bond donors (Lipinski definition) is 0. The molecule has 0 amide bonds. The predicted molar refractivity (Wildman–Crippen MR) is 44.4 cm³/mol. The van der Waals surface area contributed by atoms with Gasteiger partial charge in [0.2, 0.25) is 5.16 Å². The molecule has 0 aliphatic rings. The summed E-state index contributed by atoms with van der Waals surface area (Å²) in [6.45, 7) is 0. The Kier molecular flexibility index (Phi) is 3.10. The molecule has 1 rings (SSSR count). The minimum absolute atomic E-state index is 0.387. The molecule has 1 heterocycles. The number of hydrogen-bond acceptors (Lipinski definition) is 3. The second kappa shape index (κ2) is 3.82. The third-order valence-electron chi connectivity index (χ3n) is 1.25. The first kappa shape index (κ1) is 11.4. The van der Waals surface area contributed by atoms with Crippen molar-refractivity contribution in [2.45, 2.75) is 11.3 Å². The zero-order valence-corrected chi connectivity index (χ0v) is 8.37. The first-order valence-electron chi connectivity index (χ1n) is 3.25. The van der Waals surface area contributed by atoms with Crippen LogP contribution in [0, 0.1) is 0 Å². The fraction of sp³-hybridized carbons (Fsp3) is 0.333. The van der Waals surface area contributed by atoms with Gasteiger partial charge in [-0.2, -0.15) is 13.2 Å². The highest BCUT2D eigenvalue weighted by Crippen LogP contribution is 2.32. The minimum atomic E-state index is -4.66. The third-order valence-corrected chi connectivity index (χ3v) is 2.24. The summed E-state index contributed by atoms with van der Waals surface area (Å²) in [7, 11) is -1.66. The van der Waals surface area contributed by atoms with Gasteiger partial charge < -0.3 is 0 Å². The van der Waals surface area contributed by atoms with Crippen LogP contribution in [0.25, 0.3) is 0 Å². The van der Waals surface area contributed by atoms with Crippen molar-refractivity contribution in [3.63, 3.8) is 0 Å². The van der Waals surface area contributed by atoms with Crippen molar-refractivity contribution in [3.05, 3.63) is 16.9 Å². The number of rotatable bonds is 1. The van der Waals surface area contributed by atoms with E-state index in [0.29, 0.717) is 0 Å². The maximum absolute atomic E-state index is 12.2. The first-order chi connectivity index (χ1) is 6.32. The molecule has 0 fully saturated rings. The van der Waals surface area contributed by atoms with Crippen molar-refractivity contribution < 1.29 is 17.4 Å². The van der Waals surface area contributed by atoms with Crippen LogP contribution in [0.15, 0.2) is 11.4 Å². The SMILES string of the molecule is CS(=O)c1ncc(Cl)c(C(F)(F)F)n1. The molecule has 0 aromatic carbocycles. The van der Waals surface area contributed by atoms with Gasteiger partial charge in [-0.05, 0) is 0 Å². The van der Waals surface area contributed by atoms with E-state index >= 15 is 0 Å². The molecule has 3 nitrogen and oxygen atoms in total. The molecule has 14 heavy (non-hydrogen) atoms. The van der Waals surface area contributed by atoms with E-state index in [2.05, 4.69) is 9.97 Å². The minimum Gasteiger partial charge on any atom is -0.251 e. The van der Waals surface area contributed by atoms with Gasteiger partial charge in [0.05, 0.1) is 22.0 Å². The Hall–Kier alpha value is -0.690. The summed E-state index contributed by atoms with van der Waals surface area (Å²) in [6, 6.07) is 0. The normalized spacial score (nSPS) is 14.1. The molecular formula is C6H4ClF3N2OS. The quantitative estimate of drug-likeness (QED) is 0.709.